The zero-order valence-corrected chi connectivity index (χ0v) is 8.86. The molecule has 0 radical (unpaired) electrons. The van der Waals surface area contributed by atoms with Gasteiger partial charge in [-0.2, -0.15) is 13.2 Å². The van der Waals surface area contributed by atoms with E-state index in [0.717, 1.165) is 12.3 Å². The van der Waals surface area contributed by atoms with Crippen LogP contribution in [0.15, 0.2) is 35.0 Å². The average molecular weight is 256 g/mol. The second-order valence-corrected chi connectivity index (χ2v) is 3.48. The van der Waals surface area contributed by atoms with Crippen molar-refractivity contribution in [3.63, 3.8) is 0 Å². The average Bonchev–Trinajstić information content (AvgIpc) is 2.76. The zero-order valence-electron chi connectivity index (χ0n) is 8.86. The molecule has 7 heteroatoms. The third-order valence-corrected chi connectivity index (χ3v) is 2.32. The summed E-state index contributed by atoms with van der Waals surface area (Å²) in [6, 6.07) is 4.81. The Balaban J connectivity index is 2.65. The highest BCUT2D eigenvalue weighted by molar-refractivity contribution is 5.97. The summed E-state index contributed by atoms with van der Waals surface area (Å²) in [5, 5.41) is 3.30. The first-order chi connectivity index (χ1) is 8.41. The van der Waals surface area contributed by atoms with Crippen LogP contribution in [-0.4, -0.2) is 11.1 Å². The molecule has 0 aliphatic carbocycles. The highest BCUT2D eigenvalue weighted by Crippen LogP contribution is 2.37. The lowest BCUT2D eigenvalue weighted by molar-refractivity contribution is -0.137. The third kappa shape index (κ3) is 2.06. The summed E-state index contributed by atoms with van der Waals surface area (Å²) in [5.74, 6) is -1.37. The van der Waals surface area contributed by atoms with Gasteiger partial charge < -0.3 is 10.3 Å². The van der Waals surface area contributed by atoms with Crippen molar-refractivity contribution in [3.8, 4) is 11.1 Å². The predicted molar refractivity (Wildman–Crippen MR) is 55.5 cm³/mol. The van der Waals surface area contributed by atoms with Crippen LogP contribution in [0.4, 0.5) is 13.2 Å². The van der Waals surface area contributed by atoms with E-state index < -0.39 is 23.4 Å². The SMILES string of the molecule is NC(=O)c1oncc1-c1ccccc1C(F)(F)F. The first kappa shape index (κ1) is 12.2. The van der Waals surface area contributed by atoms with Gasteiger partial charge >= 0.3 is 6.18 Å². The second kappa shape index (κ2) is 4.17. The maximum absolute atomic E-state index is 12.8. The van der Waals surface area contributed by atoms with Crippen molar-refractivity contribution < 1.29 is 22.5 Å². The molecule has 0 atom stereocenters. The lowest BCUT2D eigenvalue weighted by Gasteiger charge is -2.11. The largest absolute Gasteiger partial charge is 0.417 e. The van der Waals surface area contributed by atoms with Crippen molar-refractivity contribution in [2.75, 3.05) is 0 Å². The van der Waals surface area contributed by atoms with Gasteiger partial charge in [0.15, 0.2) is 0 Å². The number of benzene rings is 1. The molecule has 1 aromatic carbocycles. The number of hydrogen-bond acceptors (Lipinski definition) is 3. The Hall–Kier alpha value is -2.31. The Morgan fingerprint density at radius 1 is 1.22 bits per heavy atom. The molecule has 4 nitrogen and oxygen atoms in total. The number of rotatable bonds is 2. The Morgan fingerprint density at radius 3 is 2.50 bits per heavy atom. The smallest absolute Gasteiger partial charge is 0.363 e. The molecular weight excluding hydrogens is 249 g/mol. The number of carbonyl (C=O) groups is 1. The molecule has 0 aliphatic rings. The van der Waals surface area contributed by atoms with Crippen LogP contribution in [0.5, 0.6) is 0 Å². The van der Waals surface area contributed by atoms with Crippen molar-refractivity contribution in [2.24, 2.45) is 5.73 Å². The standard InChI is InChI=1S/C11H7F3N2O2/c12-11(13,14)8-4-2-1-3-6(8)7-5-16-18-9(7)10(15)17/h1-5H,(H2,15,17). The summed E-state index contributed by atoms with van der Waals surface area (Å²) in [7, 11) is 0. The van der Waals surface area contributed by atoms with Crippen LogP contribution in [0.1, 0.15) is 16.1 Å². The maximum Gasteiger partial charge on any atom is 0.417 e. The lowest BCUT2D eigenvalue weighted by atomic mass is 10.00. The van der Waals surface area contributed by atoms with Crippen LogP contribution in [-0.2, 0) is 6.18 Å². The number of alkyl halides is 3. The van der Waals surface area contributed by atoms with Gasteiger partial charge in [0.1, 0.15) is 0 Å². The van der Waals surface area contributed by atoms with Crippen LogP contribution < -0.4 is 5.73 Å². The van der Waals surface area contributed by atoms with Crippen LogP contribution in [0.2, 0.25) is 0 Å². The normalized spacial score (nSPS) is 11.5. The number of amides is 1. The molecular formula is C11H7F3N2O2. The van der Waals surface area contributed by atoms with Gasteiger partial charge in [-0.3, -0.25) is 4.79 Å². The molecule has 0 spiro atoms. The van der Waals surface area contributed by atoms with Gasteiger partial charge in [-0.25, -0.2) is 0 Å². The summed E-state index contributed by atoms with van der Waals surface area (Å²) in [4.78, 5) is 11.0. The summed E-state index contributed by atoms with van der Waals surface area (Å²) >= 11 is 0. The highest BCUT2D eigenvalue weighted by Gasteiger charge is 2.34. The van der Waals surface area contributed by atoms with E-state index in [1.165, 1.54) is 18.2 Å². The first-order valence-corrected chi connectivity index (χ1v) is 4.82. The Labute approximate surface area is 99.2 Å². The molecule has 2 N–H and O–H groups in total. The van der Waals surface area contributed by atoms with Gasteiger partial charge in [0.2, 0.25) is 5.76 Å². The van der Waals surface area contributed by atoms with Gasteiger partial charge in [-0.1, -0.05) is 23.4 Å². The number of carbonyl (C=O) groups excluding carboxylic acids is 1. The van der Waals surface area contributed by atoms with Gasteiger partial charge in [0.05, 0.1) is 17.3 Å². The molecule has 18 heavy (non-hydrogen) atoms. The monoisotopic (exact) mass is 256 g/mol. The Bertz CT molecular complexity index is 590. The van der Waals surface area contributed by atoms with Crippen LogP contribution in [0, 0.1) is 0 Å². The maximum atomic E-state index is 12.8. The molecule has 0 bridgehead atoms. The van der Waals surface area contributed by atoms with E-state index in [1.54, 1.807) is 0 Å². The number of hydrogen-bond donors (Lipinski definition) is 1. The lowest BCUT2D eigenvalue weighted by Crippen LogP contribution is -2.12. The van der Waals surface area contributed by atoms with Gasteiger partial charge in [-0.05, 0) is 11.6 Å². The first-order valence-electron chi connectivity index (χ1n) is 4.82. The zero-order chi connectivity index (χ0) is 13.3. The summed E-state index contributed by atoms with van der Waals surface area (Å²) in [5.41, 5.74) is 3.85. The van der Waals surface area contributed by atoms with E-state index in [9.17, 15) is 18.0 Å². The Morgan fingerprint density at radius 2 is 1.89 bits per heavy atom. The molecule has 0 saturated carbocycles. The predicted octanol–water partition coefficient (Wildman–Crippen LogP) is 2.46. The van der Waals surface area contributed by atoms with Crippen molar-refractivity contribution >= 4 is 5.91 Å². The van der Waals surface area contributed by atoms with Crippen LogP contribution in [0.3, 0.4) is 0 Å². The third-order valence-electron chi connectivity index (χ3n) is 2.32. The molecule has 1 heterocycles. The minimum atomic E-state index is -4.54. The molecule has 0 unspecified atom stereocenters. The van der Waals surface area contributed by atoms with Crippen molar-refractivity contribution in [1.29, 1.82) is 0 Å². The van der Waals surface area contributed by atoms with E-state index in [4.69, 9.17) is 5.73 Å². The minimum Gasteiger partial charge on any atom is -0.363 e. The summed E-state index contributed by atoms with van der Waals surface area (Å²) < 4.78 is 43.0. The van der Waals surface area contributed by atoms with Crippen molar-refractivity contribution in [2.45, 2.75) is 6.18 Å². The fourth-order valence-electron chi connectivity index (χ4n) is 1.57. The number of primary amides is 1. The molecule has 2 rings (SSSR count). The summed E-state index contributed by atoms with van der Waals surface area (Å²) in [6.07, 6.45) is -3.51. The Kier molecular flexibility index (Phi) is 2.82. The van der Waals surface area contributed by atoms with E-state index in [1.807, 2.05) is 0 Å². The van der Waals surface area contributed by atoms with Crippen molar-refractivity contribution in [1.82, 2.24) is 5.16 Å². The van der Waals surface area contributed by atoms with Gasteiger partial charge in [0, 0.05) is 0 Å². The van der Waals surface area contributed by atoms with Gasteiger partial charge in [0.25, 0.3) is 5.91 Å². The fourth-order valence-corrected chi connectivity index (χ4v) is 1.57. The molecule has 0 aliphatic heterocycles. The second-order valence-electron chi connectivity index (χ2n) is 3.48. The van der Waals surface area contributed by atoms with Crippen LogP contribution >= 0.6 is 0 Å². The van der Waals surface area contributed by atoms with E-state index in [-0.39, 0.29) is 11.1 Å². The van der Waals surface area contributed by atoms with E-state index in [2.05, 4.69) is 9.68 Å². The fraction of sp³-hybridized carbons (Fsp3) is 0.0909. The number of halogens is 3. The number of nitrogens with two attached hydrogens (primary N) is 1. The molecule has 2 aromatic rings. The van der Waals surface area contributed by atoms with Gasteiger partial charge in [-0.15, -0.1) is 0 Å². The van der Waals surface area contributed by atoms with Crippen molar-refractivity contribution in [3.05, 3.63) is 41.8 Å². The van der Waals surface area contributed by atoms with E-state index >= 15 is 0 Å². The summed E-state index contributed by atoms with van der Waals surface area (Å²) in [6.45, 7) is 0. The molecule has 0 saturated heterocycles. The molecule has 0 fully saturated rings. The number of aromatic nitrogens is 1. The quantitative estimate of drug-likeness (QED) is 0.897. The minimum absolute atomic E-state index is 0.0737. The topological polar surface area (TPSA) is 69.1 Å². The van der Waals surface area contributed by atoms with E-state index in [0.29, 0.717) is 0 Å². The number of nitrogens with zero attached hydrogens (tertiary/aromatic N) is 1. The molecule has 1 amide bonds. The van der Waals surface area contributed by atoms with Crippen LogP contribution in [0.25, 0.3) is 11.1 Å². The highest BCUT2D eigenvalue weighted by atomic mass is 19.4. The molecule has 1 aromatic heterocycles. The molecule has 94 valence electrons.